The van der Waals surface area contributed by atoms with Gasteiger partial charge in [0.25, 0.3) is 0 Å². The first-order valence-electron chi connectivity index (χ1n) is 12.1. The zero-order valence-corrected chi connectivity index (χ0v) is 19.4. The van der Waals surface area contributed by atoms with E-state index in [1.54, 1.807) is 7.11 Å². The Kier molecular flexibility index (Phi) is 7.68. The molecule has 0 saturated heterocycles. The summed E-state index contributed by atoms with van der Waals surface area (Å²) in [5, 5.41) is 0. The molecule has 0 spiro atoms. The van der Waals surface area contributed by atoms with E-state index in [0.717, 1.165) is 28.7 Å². The van der Waals surface area contributed by atoms with Crippen LogP contribution in [0.4, 0.5) is 0 Å². The molecule has 0 aromatic heterocycles. The lowest BCUT2D eigenvalue weighted by Gasteiger charge is -2.28. The van der Waals surface area contributed by atoms with Gasteiger partial charge in [0.15, 0.2) is 0 Å². The summed E-state index contributed by atoms with van der Waals surface area (Å²) in [4.78, 5) is 0. The molecule has 1 heteroatoms. The minimum Gasteiger partial charge on any atom is -0.497 e. The number of hydrogen-bond acceptors (Lipinski definition) is 1. The van der Waals surface area contributed by atoms with Crippen molar-refractivity contribution < 1.29 is 4.74 Å². The van der Waals surface area contributed by atoms with Gasteiger partial charge in [0.05, 0.1) is 7.11 Å². The number of benzene rings is 3. The molecule has 1 saturated carbocycles. The largest absolute Gasteiger partial charge is 0.497 e. The highest BCUT2D eigenvalue weighted by molar-refractivity contribution is 5.65. The molecule has 0 aliphatic heterocycles. The average molecular weight is 423 g/mol. The number of hydrogen-bond donors (Lipinski definition) is 0. The van der Waals surface area contributed by atoms with Gasteiger partial charge in [-0.05, 0) is 90.6 Å². The molecule has 0 bridgehead atoms. The molecule has 4 rings (SSSR count). The Morgan fingerprint density at radius 1 is 0.719 bits per heavy atom. The second-order valence-electron chi connectivity index (χ2n) is 9.04. The van der Waals surface area contributed by atoms with Gasteiger partial charge in [0.2, 0.25) is 0 Å². The van der Waals surface area contributed by atoms with Crippen LogP contribution in [0.25, 0.3) is 11.1 Å². The van der Waals surface area contributed by atoms with Gasteiger partial charge in [-0.15, -0.1) is 0 Å². The lowest BCUT2D eigenvalue weighted by atomic mass is 9.77. The van der Waals surface area contributed by atoms with E-state index in [1.165, 1.54) is 61.6 Å². The van der Waals surface area contributed by atoms with Gasteiger partial charge in [-0.1, -0.05) is 74.4 Å². The number of ether oxygens (including phenoxy) is 1. The second-order valence-corrected chi connectivity index (χ2v) is 9.04. The van der Waals surface area contributed by atoms with Crippen LogP contribution < -0.4 is 4.74 Å². The van der Waals surface area contributed by atoms with Gasteiger partial charge < -0.3 is 4.74 Å². The monoisotopic (exact) mass is 422 g/mol. The molecule has 1 aliphatic rings. The summed E-state index contributed by atoms with van der Waals surface area (Å²) in [6.45, 7) is 2.30. The standard InChI is InChI=1S/C31H34O/c1-3-4-5-24-8-14-27(15-9-24)28-16-10-25(11-17-28)6-7-26-12-18-29(19-13-26)30-20-22-31(32-2)23-21-30/h10-13,16-24,27H,3-5,8-9,14-15H2,1-2H3. The van der Waals surface area contributed by atoms with E-state index in [2.05, 4.69) is 79.4 Å². The Morgan fingerprint density at radius 3 is 1.78 bits per heavy atom. The minimum atomic E-state index is 0.736. The van der Waals surface area contributed by atoms with Gasteiger partial charge in [0.1, 0.15) is 5.75 Å². The van der Waals surface area contributed by atoms with Gasteiger partial charge >= 0.3 is 0 Å². The second kappa shape index (κ2) is 11.1. The Morgan fingerprint density at radius 2 is 1.25 bits per heavy atom. The van der Waals surface area contributed by atoms with Gasteiger partial charge in [-0.3, -0.25) is 0 Å². The van der Waals surface area contributed by atoms with Crippen molar-refractivity contribution in [2.45, 2.75) is 57.8 Å². The molecule has 0 N–H and O–H groups in total. The van der Waals surface area contributed by atoms with E-state index in [0.29, 0.717) is 0 Å². The van der Waals surface area contributed by atoms with Crippen LogP contribution in [0.5, 0.6) is 5.75 Å². The number of unbranched alkanes of at least 4 members (excludes halogenated alkanes) is 1. The van der Waals surface area contributed by atoms with Crippen molar-refractivity contribution in [2.75, 3.05) is 7.11 Å². The molecule has 0 atom stereocenters. The first-order chi connectivity index (χ1) is 15.7. The third-order valence-corrected chi connectivity index (χ3v) is 6.85. The number of methoxy groups -OCH3 is 1. The summed E-state index contributed by atoms with van der Waals surface area (Å²) in [6, 6.07) is 25.6. The molecule has 3 aromatic carbocycles. The Labute approximate surface area is 193 Å². The molecule has 0 heterocycles. The quantitative estimate of drug-likeness (QED) is 0.364. The fourth-order valence-electron chi connectivity index (χ4n) is 4.79. The molecular weight excluding hydrogens is 388 g/mol. The summed E-state index contributed by atoms with van der Waals surface area (Å²) in [6.07, 6.45) is 9.65. The predicted octanol–water partition coefficient (Wildman–Crippen LogP) is 8.23. The fourth-order valence-corrected chi connectivity index (χ4v) is 4.79. The van der Waals surface area contributed by atoms with Crippen molar-refractivity contribution in [1.29, 1.82) is 0 Å². The third-order valence-electron chi connectivity index (χ3n) is 6.85. The Balaban J connectivity index is 1.34. The zero-order valence-electron chi connectivity index (χ0n) is 19.4. The van der Waals surface area contributed by atoms with Gasteiger partial charge in [-0.2, -0.15) is 0 Å². The van der Waals surface area contributed by atoms with E-state index >= 15 is 0 Å². The van der Waals surface area contributed by atoms with E-state index in [4.69, 9.17) is 4.74 Å². The maximum Gasteiger partial charge on any atom is 0.118 e. The van der Waals surface area contributed by atoms with Crippen LogP contribution >= 0.6 is 0 Å². The summed E-state index contributed by atoms with van der Waals surface area (Å²) >= 11 is 0. The Bertz CT molecular complexity index is 1020. The molecular formula is C31H34O. The molecule has 164 valence electrons. The van der Waals surface area contributed by atoms with Crippen molar-refractivity contribution in [3.05, 3.63) is 89.5 Å². The van der Waals surface area contributed by atoms with E-state index in [9.17, 15) is 0 Å². The fraction of sp³-hybridized carbons (Fsp3) is 0.355. The average Bonchev–Trinajstić information content (AvgIpc) is 2.87. The zero-order chi connectivity index (χ0) is 22.2. The van der Waals surface area contributed by atoms with E-state index in [-0.39, 0.29) is 0 Å². The highest BCUT2D eigenvalue weighted by Crippen LogP contribution is 2.37. The van der Waals surface area contributed by atoms with Crippen molar-refractivity contribution in [2.24, 2.45) is 5.92 Å². The normalized spacial score (nSPS) is 17.9. The SMILES string of the molecule is CCCCC1CCC(c2ccc(C#Cc3ccc(-c4ccc(OC)cc4)cc3)cc2)CC1. The third kappa shape index (κ3) is 5.83. The van der Waals surface area contributed by atoms with Crippen LogP contribution in [-0.2, 0) is 0 Å². The molecule has 0 amide bonds. The van der Waals surface area contributed by atoms with Crippen LogP contribution in [-0.4, -0.2) is 7.11 Å². The minimum absolute atomic E-state index is 0.736. The van der Waals surface area contributed by atoms with Crippen LogP contribution in [0.3, 0.4) is 0 Å². The highest BCUT2D eigenvalue weighted by Gasteiger charge is 2.21. The van der Waals surface area contributed by atoms with Crippen molar-refractivity contribution in [3.63, 3.8) is 0 Å². The first kappa shape index (κ1) is 22.2. The number of rotatable bonds is 6. The molecule has 1 fully saturated rings. The van der Waals surface area contributed by atoms with Crippen molar-refractivity contribution >= 4 is 0 Å². The van der Waals surface area contributed by atoms with Crippen LogP contribution in [0.1, 0.15) is 74.5 Å². The Hall–Kier alpha value is -2.98. The van der Waals surface area contributed by atoms with Crippen molar-refractivity contribution in [3.8, 4) is 28.7 Å². The first-order valence-corrected chi connectivity index (χ1v) is 12.1. The van der Waals surface area contributed by atoms with Gasteiger partial charge in [-0.25, -0.2) is 0 Å². The molecule has 3 aromatic rings. The van der Waals surface area contributed by atoms with E-state index in [1.807, 2.05) is 12.1 Å². The molecule has 1 nitrogen and oxygen atoms in total. The lowest BCUT2D eigenvalue weighted by Crippen LogP contribution is -2.13. The smallest absolute Gasteiger partial charge is 0.118 e. The predicted molar refractivity (Wildman–Crippen MR) is 135 cm³/mol. The van der Waals surface area contributed by atoms with Gasteiger partial charge in [0, 0.05) is 11.1 Å². The van der Waals surface area contributed by atoms with Crippen LogP contribution in [0.15, 0.2) is 72.8 Å². The van der Waals surface area contributed by atoms with Crippen molar-refractivity contribution in [1.82, 2.24) is 0 Å². The highest BCUT2D eigenvalue weighted by atomic mass is 16.5. The molecule has 0 unspecified atom stereocenters. The summed E-state index contributed by atoms with van der Waals surface area (Å²) in [5.74, 6) is 9.22. The molecule has 0 radical (unpaired) electrons. The lowest BCUT2D eigenvalue weighted by molar-refractivity contribution is 0.304. The van der Waals surface area contributed by atoms with Crippen LogP contribution in [0, 0.1) is 17.8 Å². The van der Waals surface area contributed by atoms with Crippen LogP contribution in [0.2, 0.25) is 0 Å². The maximum atomic E-state index is 5.24. The molecule has 32 heavy (non-hydrogen) atoms. The summed E-state index contributed by atoms with van der Waals surface area (Å²) < 4.78 is 5.24. The maximum absolute atomic E-state index is 5.24. The summed E-state index contributed by atoms with van der Waals surface area (Å²) in [7, 11) is 1.69. The summed E-state index contributed by atoms with van der Waals surface area (Å²) in [5.41, 5.74) is 5.99. The topological polar surface area (TPSA) is 9.23 Å². The van der Waals surface area contributed by atoms with E-state index < -0.39 is 0 Å². The molecule has 1 aliphatic carbocycles.